The molecule has 0 bridgehead atoms. The number of amides is 2. The van der Waals surface area contributed by atoms with Gasteiger partial charge in [0.2, 0.25) is 5.91 Å². The smallest absolute Gasteiger partial charge is 0.254 e. The summed E-state index contributed by atoms with van der Waals surface area (Å²) >= 11 is 0. The summed E-state index contributed by atoms with van der Waals surface area (Å²) in [4.78, 5) is 24.9. The van der Waals surface area contributed by atoms with E-state index in [0.717, 1.165) is 12.8 Å². The molecule has 0 unspecified atom stereocenters. The fourth-order valence-electron chi connectivity index (χ4n) is 1.55. The molecule has 1 rings (SSSR count). The Morgan fingerprint density at radius 3 is 2.63 bits per heavy atom. The van der Waals surface area contributed by atoms with E-state index in [2.05, 4.69) is 5.32 Å². The molecule has 2 amide bonds. The Bertz CT molecular complexity index is 449. The van der Waals surface area contributed by atoms with Crippen LogP contribution < -0.4 is 5.32 Å². The predicted octanol–water partition coefficient (Wildman–Crippen LogP) is 1.81. The van der Waals surface area contributed by atoms with Crippen LogP contribution in [0.1, 0.15) is 30.1 Å². The van der Waals surface area contributed by atoms with Crippen molar-refractivity contribution in [2.24, 2.45) is 0 Å². The van der Waals surface area contributed by atoms with Gasteiger partial charge in [0.15, 0.2) is 0 Å². The number of carbonyl (C=O) groups is 2. The van der Waals surface area contributed by atoms with Crippen LogP contribution >= 0.6 is 0 Å². The Balaban J connectivity index is 2.46. The van der Waals surface area contributed by atoms with Gasteiger partial charge in [-0.2, -0.15) is 0 Å². The molecule has 19 heavy (non-hydrogen) atoms. The summed E-state index contributed by atoms with van der Waals surface area (Å²) in [5, 5.41) is 2.43. The van der Waals surface area contributed by atoms with E-state index in [4.69, 9.17) is 0 Å². The number of rotatable bonds is 6. The first-order valence-electron chi connectivity index (χ1n) is 6.33. The van der Waals surface area contributed by atoms with E-state index in [0.29, 0.717) is 6.54 Å². The van der Waals surface area contributed by atoms with E-state index >= 15 is 0 Å². The van der Waals surface area contributed by atoms with Gasteiger partial charge in [0, 0.05) is 13.6 Å². The number of carbonyl (C=O) groups excluding carboxylic acids is 2. The first-order chi connectivity index (χ1) is 9.06. The highest BCUT2D eigenvalue weighted by Crippen LogP contribution is 2.05. The van der Waals surface area contributed by atoms with Crippen molar-refractivity contribution in [3.8, 4) is 0 Å². The number of nitrogens with zero attached hydrogens (tertiary/aromatic N) is 1. The number of hydrogen-bond acceptors (Lipinski definition) is 2. The minimum atomic E-state index is -0.591. The zero-order chi connectivity index (χ0) is 14.3. The molecule has 0 aromatic heterocycles. The third-order valence-electron chi connectivity index (χ3n) is 2.79. The molecule has 0 atom stereocenters. The number of unbranched alkanes of at least 4 members (excludes halogenated alkanes) is 1. The van der Waals surface area contributed by atoms with E-state index in [1.54, 1.807) is 18.0 Å². The monoisotopic (exact) mass is 266 g/mol. The lowest BCUT2D eigenvalue weighted by Crippen LogP contribution is -2.38. The van der Waals surface area contributed by atoms with Gasteiger partial charge in [0.05, 0.1) is 12.1 Å². The fourth-order valence-corrected chi connectivity index (χ4v) is 1.55. The van der Waals surface area contributed by atoms with Crippen molar-refractivity contribution >= 4 is 11.8 Å². The lowest BCUT2D eigenvalue weighted by Gasteiger charge is -2.17. The van der Waals surface area contributed by atoms with E-state index < -0.39 is 11.7 Å². The van der Waals surface area contributed by atoms with Crippen molar-refractivity contribution in [3.05, 3.63) is 35.6 Å². The Morgan fingerprint density at radius 2 is 2.00 bits per heavy atom. The Kier molecular flexibility index (Phi) is 5.99. The van der Waals surface area contributed by atoms with Crippen molar-refractivity contribution in [2.75, 3.05) is 20.1 Å². The number of hydrogen-bond donors (Lipinski definition) is 1. The molecular weight excluding hydrogens is 247 g/mol. The molecule has 5 heteroatoms. The van der Waals surface area contributed by atoms with Gasteiger partial charge >= 0.3 is 0 Å². The minimum Gasteiger partial charge on any atom is -0.344 e. The molecule has 1 N–H and O–H groups in total. The SMILES string of the molecule is CCCCN(C)C(=O)CNC(=O)c1ccccc1F. The van der Waals surface area contributed by atoms with Crippen LogP contribution in [0.25, 0.3) is 0 Å². The predicted molar refractivity (Wildman–Crippen MR) is 71.3 cm³/mol. The molecule has 0 aliphatic carbocycles. The number of benzene rings is 1. The highest BCUT2D eigenvalue weighted by Gasteiger charge is 2.13. The summed E-state index contributed by atoms with van der Waals surface area (Å²) in [5.74, 6) is -1.35. The third kappa shape index (κ3) is 4.69. The summed E-state index contributed by atoms with van der Waals surface area (Å²) < 4.78 is 13.3. The molecule has 104 valence electrons. The molecule has 0 aliphatic heterocycles. The molecule has 0 saturated heterocycles. The number of likely N-dealkylation sites (N-methyl/N-ethyl adjacent to an activating group) is 1. The van der Waals surface area contributed by atoms with Crippen molar-refractivity contribution < 1.29 is 14.0 Å². The first kappa shape index (κ1) is 15.1. The lowest BCUT2D eigenvalue weighted by molar-refractivity contribution is -0.128. The highest BCUT2D eigenvalue weighted by atomic mass is 19.1. The van der Waals surface area contributed by atoms with Crippen molar-refractivity contribution in [1.82, 2.24) is 10.2 Å². The molecule has 0 radical (unpaired) electrons. The van der Waals surface area contributed by atoms with Crippen LogP contribution in [0.3, 0.4) is 0 Å². The van der Waals surface area contributed by atoms with Crippen LogP contribution in [0.15, 0.2) is 24.3 Å². The van der Waals surface area contributed by atoms with Crippen LogP contribution in [0, 0.1) is 5.82 Å². The standard InChI is InChI=1S/C14H19FN2O2/c1-3-4-9-17(2)13(18)10-16-14(19)11-7-5-6-8-12(11)15/h5-8H,3-4,9-10H2,1-2H3,(H,16,19). The lowest BCUT2D eigenvalue weighted by atomic mass is 10.2. The second kappa shape index (κ2) is 7.51. The van der Waals surface area contributed by atoms with Crippen LogP contribution in [0.2, 0.25) is 0 Å². The van der Waals surface area contributed by atoms with Crippen molar-refractivity contribution in [1.29, 1.82) is 0 Å². The largest absolute Gasteiger partial charge is 0.344 e. The molecule has 1 aromatic rings. The molecule has 0 heterocycles. The van der Waals surface area contributed by atoms with Gasteiger partial charge < -0.3 is 10.2 Å². The molecule has 0 fully saturated rings. The minimum absolute atomic E-state index is 0.0495. The molecular formula is C14H19FN2O2. The average Bonchev–Trinajstić information content (AvgIpc) is 2.42. The third-order valence-corrected chi connectivity index (χ3v) is 2.79. The van der Waals surface area contributed by atoms with Gasteiger partial charge in [-0.25, -0.2) is 4.39 Å². The van der Waals surface area contributed by atoms with Crippen LogP contribution in [0.5, 0.6) is 0 Å². The van der Waals surface area contributed by atoms with Gasteiger partial charge in [-0.3, -0.25) is 9.59 Å². The first-order valence-corrected chi connectivity index (χ1v) is 6.33. The Labute approximate surface area is 112 Å². The molecule has 0 aliphatic rings. The summed E-state index contributed by atoms with van der Waals surface area (Å²) in [5.41, 5.74) is -0.0495. The maximum absolute atomic E-state index is 13.3. The van der Waals surface area contributed by atoms with Crippen molar-refractivity contribution in [2.45, 2.75) is 19.8 Å². The number of halogens is 1. The summed E-state index contributed by atoms with van der Waals surface area (Å²) in [7, 11) is 1.69. The quantitative estimate of drug-likeness (QED) is 0.853. The van der Waals surface area contributed by atoms with E-state index in [9.17, 15) is 14.0 Å². The highest BCUT2D eigenvalue weighted by molar-refractivity contribution is 5.96. The van der Waals surface area contributed by atoms with Gasteiger partial charge in [-0.1, -0.05) is 25.5 Å². The zero-order valence-electron chi connectivity index (χ0n) is 11.3. The maximum atomic E-state index is 13.3. The normalized spacial score (nSPS) is 10.1. The molecule has 4 nitrogen and oxygen atoms in total. The molecule has 0 saturated carbocycles. The van der Waals surface area contributed by atoms with Gasteiger partial charge in [-0.05, 0) is 18.6 Å². The van der Waals surface area contributed by atoms with Crippen LogP contribution in [0.4, 0.5) is 4.39 Å². The van der Waals surface area contributed by atoms with Crippen molar-refractivity contribution in [3.63, 3.8) is 0 Å². The fraction of sp³-hybridized carbons (Fsp3) is 0.429. The van der Waals surface area contributed by atoms with E-state index in [-0.39, 0.29) is 18.0 Å². The van der Waals surface area contributed by atoms with Crippen LogP contribution in [-0.4, -0.2) is 36.9 Å². The second-order valence-electron chi connectivity index (χ2n) is 4.33. The summed E-state index contributed by atoms with van der Waals surface area (Å²) in [6.45, 7) is 2.58. The maximum Gasteiger partial charge on any atom is 0.254 e. The van der Waals surface area contributed by atoms with Gasteiger partial charge in [0.1, 0.15) is 5.82 Å². The Morgan fingerprint density at radius 1 is 1.32 bits per heavy atom. The Hall–Kier alpha value is -1.91. The summed E-state index contributed by atoms with van der Waals surface area (Å²) in [6.07, 6.45) is 1.92. The number of nitrogens with one attached hydrogen (secondary N) is 1. The zero-order valence-corrected chi connectivity index (χ0v) is 11.3. The molecule has 0 spiro atoms. The molecule has 1 aromatic carbocycles. The van der Waals surface area contributed by atoms with Gasteiger partial charge in [0.25, 0.3) is 5.91 Å². The topological polar surface area (TPSA) is 49.4 Å². The summed E-state index contributed by atoms with van der Waals surface area (Å²) in [6, 6.07) is 5.68. The van der Waals surface area contributed by atoms with Gasteiger partial charge in [-0.15, -0.1) is 0 Å². The van der Waals surface area contributed by atoms with E-state index in [1.165, 1.54) is 18.2 Å². The average molecular weight is 266 g/mol. The second-order valence-corrected chi connectivity index (χ2v) is 4.33. The van der Waals surface area contributed by atoms with E-state index in [1.807, 2.05) is 6.92 Å². The van der Waals surface area contributed by atoms with Crippen LogP contribution in [-0.2, 0) is 4.79 Å².